The third kappa shape index (κ3) is 1.69. The molecule has 1 aromatic carbocycles. The fourth-order valence-corrected chi connectivity index (χ4v) is 2.34. The minimum atomic E-state index is 0.606. The molecule has 90 valence electrons. The number of aryl methyl sites for hydroxylation is 1. The van der Waals surface area contributed by atoms with Crippen molar-refractivity contribution in [1.82, 2.24) is 9.78 Å². The molecule has 1 aliphatic rings. The van der Waals surface area contributed by atoms with E-state index in [1.165, 1.54) is 0 Å². The van der Waals surface area contributed by atoms with E-state index in [0.717, 1.165) is 35.5 Å². The molecular formula is C14H13N3O. The first-order valence-corrected chi connectivity index (χ1v) is 5.93. The maximum atomic E-state index is 8.89. The van der Waals surface area contributed by atoms with Gasteiger partial charge in [0.05, 0.1) is 43.3 Å². The van der Waals surface area contributed by atoms with Crippen molar-refractivity contribution >= 4 is 0 Å². The van der Waals surface area contributed by atoms with Crippen LogP contribution in [0.25, 0.3) is 11.1 Å². The van der Waals surface area contributed by atoms with Gasteiger partial charge in [-0.05, 0) is 30.2 Å². The highest BCUT2D eigenvalue weighted by Crippen LogP contribution is 2.29. The molecule has 18 heavy (non-hydrogen) atoms. The summed E-state index contributed by atoms with van der Waals surface area (Å²) in [5, 5.41) is 13.3. The first-order chi connectivity index (χ1) is 8.79. The average Bonchev–Trinajstić information content (AvgIpc) is 2.82. The highest BCUT2D eigenvalue weighted by atomic mass is 16.5. The normalized spacial score (nSPS) is 14.0. The second-order valence-corrected chi connectivity index (χ2v) is 4.42. The van der Waals surface area contributed by atoms with E-state index in [9.17, 15) is 0 Å². The number of hydrogen-bond acceptors (Lipinski definition) is 3. The number of fused-ring (bicyclic) bond motifs is 1. The summed E-state index contributed by atoms with van der Waals surface area (Å²) < 4.78 is 7.48. The molecule has 2 heterocycles. The number of rotatable bonds is 1. The molecular weight excluding hydrogens is 226 g/mol. The quantitative estimate of drug-likeness (QED) is 0.767. The lowest BCUT2D eigenvalue weighted by Crippen LogP contribution is -2.17. The van der Waals surface area contributed by atoms with E-state index in [1.807, 2.05) is 36.0 Å². The summed E-state index contributed by atoms with van der Waals surface area (Å²) in [7, 11) is 0. The molecule has 0 fully saturated rings. The molecule has 3 rings (SSSR count). The Hall–Kier alpha value is -2.12. The van der Waals surface area contributed by atoms with Gasteiger partial charge in [0.2, 0.25) is 0 Å². The fourth-order valence-electron chi connectivity index (χ4n) is 2.34. The summed E-state index contributed by atoms with van der Waals surface area (Å²) in [6, 6.07) is 7.89. The molecule has 1 aliphatic heterocycles. The van der Waals surface area contributed by atoms with Gasteiger partial charge in [0, 0.05) is 5.56 Å². The highest BCUT2D eigenvalue weighted by Gasteiger charge is 2.17. The lowest BCUT2D eigenvalue weighted by atomic mass is 9.99. The van der Waals surface area contributed by atoms with E-state index in [2.05, 4.69) is 11.2 Å². The van der Waals surface area contributed by atoms with E-state index in [1.54, 1.807) is 0 Å². The van der Waals surface area contributed by atoms with Crippen LogP contribution in [0.15, 0.2) is 24.4 Å². The van der Waals surface area contributed by atoms with E-state index < -0.39 is 0 Å². The Morgan fingerprint density at radius 3 is 3.06 bits per heavy atom. The zero-order valence-corrected chi connectivity index (χ0v) is 10.2. The average molecular weight is 239 g/mol. The van der Waals surface area contributed by atoms with Gasteiger partial charge < -0.3 is 4.74 Å². The van der Waals surface area contributed by atoms with Crippen LogP contribution in [-0.2, 0) is 17.9 Å². The van der Waals surface area contributed by atoms with Gasteiger partial charge in [0.25, 0.3) is 0 Å². The molecule has 0 N–H and O–H groups in total. The first-order valence-electron chi connectivity index (χ1n) is 5.93. The van der Waals surface area contributed by atoms with Gasteiger partial charge in [-0.1, -0.05) is 6.07 Å². The van der Waals surface area contributed by atoms with Crippen molar-refractivity contribution in [2.75, 3.05) is 6.61 Å². The van der Waals surface area contributed by atoms with Gasteiger partial charge in [-0.15, -0.1) is 0 Å². The van der Waals surface area contributed by atoms with Crippen molar-refractivity contribution in [2.24, 2.45) is 0 Å². The summed E-state index contributed by atoms with van der Waals surface area (Å²) in [5.41, 5.74) is 5.13. The number of nitrogens with zero attached hydrogens (tertiary/aromatic N) is 3. The number of nitriles is 1. The molecule has 0 bridgehead atoms. The van der Waals surface area contributed by atoms with Crippen LogP contribution in [-0.4, -0.2) is 16.4 Å². The lowest BCUT2D eigenvalue weighted by Gasteiger charge is -2.16. The van der Waals surface area contributed by atoms with E-state index in [0.29, 0.717) is 12.2 Å². The zero-order valence-electron chi connectivity index (χ0n) is 10.2. The van der Waals surface area contributed by atoms with Crippen LogP contribution in [0.5, 0.6) is 0 Å². The largest absolute Gasteiger partial charge is 0.373 e. The summed E-state index contributed by atoms with van der Waals surface area (Å²) in [5.74, 6) is 0. The number of hydrogen-bond donors (Lipinski definition) is 0. The molecule has 1 aromatic heterocycles. The van der Waals surface area contributed by atoms with Crippen molar-refractivity contribution in [3.05, 3.63) is 41.2 Å². The second kappa shape index (κ2) is 4.28. The minimum absolute atomic E-state index is 0.606. The third-order valence-corrected chi connectivity index (χ3v) is 3.28. The Kier molecular flexibility index (Phi) is 2.62. The summed E-state index contributed by atoms with van der Waals surface area (Å²) in [4.78, 5) is 0. The van der Waals surface area contributed by atoms with E-state index in [-0.39, 0.29) is 0 Å². The van der Waals surface area contributed by atoms with Crippen LogP contribution in [0.3, 0.4) is 0 Å². The Morgan fingerprint density at radius 1 is 1.39 bits per heavy atom. The number of benzene rings is 1. The van der Waals surface area contributed by atoms with Gasteiger partial charge in [-0.3, -0.25) is 4.68 Å². The van der Waals surface area contributed by atoms with Crippen molar-refractivity contribution < 1.29 is 4.74 Å². The van der Waals surface area contributed by atoms with Gasteiger partial charge in [-0.25, -0.2) is 0 Å². The Balaban J connectivity index is 2.10. The Morgan fingerprint density at radius 2 is 2.28 bits per heavy atom. The molecule has 4 heteroatoms. The highest BCUT2D eigenvalue weighted by molar-refractivity contribution is 5.69. The summed E-state index contributed by atoms with van der Waals surface area (Å²) >= 11 is 0. The Labute approximate surface area is 105 Å². The molecule has 0 spiro atoms. The molecule has 0 aliphatic carbocycles. The van der Waals surface area contributed by atoms with Crippen LogP contribution >= 0.6 is 0 Å². The van der Waals surface area contributed by atoms with Gasteiger partial charge in [0.15, 0.2) is 0 Å². The second-order valence-electron chi connectivity index (χ2n) is 4.42. The molecule has 4 nitrogen and oxygen atoms in total. The van der Waals surface area contributed by atoms with Crippen molar-refractivity contribution in [3.8, 4) is 17.2 Å². The van der Waals surface area contributed by atoms with Crippen LogP contribution in [0.1, 0.15) is 16.8 Å². The van der Waals surface area contributed by atoms with Crippen LogP contribution in [0.2, 0.25) is 0 Å². The van der Waals surface area contributed by atoms with Crippen molar-refractivity contribution in [2.45, 2.75) is 20.1 Å². The van der Waals surface area contributed by atoms with Gasteiger partial charge in [0.1, 0.15) is 0 Å². The molecule has 0 radical (unpaired) electrons. The zero-order chi connectivity index (χ0) is 12.5. The predicted octanol–water partition coefficient (Wildman–Crippen LogP) is 2.26. The molecule has 2 aromatic rings. The third-order valence-electron chi connectivity index (χ3n) is 3.28. The molecule has 0 saturated heterocycles. The molecule has 0 amide bonds. The van der Waals surface area contributed by atoms with Crippen molar-refractivity contribution in [3.63, 3.8) is 0 Å². The molecule has 0 unspecified atom stereocenters. The molecule has 0 atom stereocenters. The SMILES string of the molecule is Cc1cc(C#N)ccc1-c1cnn2c1COCC2. The minimum Gasteiger partial charge on any atom is -0.373 e. The van der Waals surface area contributed by atoms with Crippen LogP contribution in [0, 0.1) is 18.3 Å². The summed E-state index contributed by atoms with van der Waals surface area (Å²) in [6.45, 7) is 4.16. The smallest absolute Gasteiger partial charge is 0.0991 e. The maximum Gasteiger partial charge on any atom is 0.0991 e. The number of aromatic nitrogens is 2. The fraction of sp³-hybridized carbons (Fsp3) is 0.286. The monoisotopic (exact) mass is 239 g/mol. The van der Waals surface area contributed by atoms with Crippen molar-refractivity contribution in [1.29, 1.82) is 5.26 Å². The van der Waals surface area contributed by atoms with Gasteiger partial charge in [-0.2, -0.15) is 10.4 Å². The maximum absolute atomic E-state index is 8.89. The van der Waals surface area contributed by atoms with Crippen LogP contribution in [0.4, 0.5) is 0 Å². The Bertz CT molecular complexity index is 637. The molecule has 0 saturated carbocycles. The first kappa shape index (κ1) is 11.0. The van der Waals surface area contributed by atoms with E-state index in [4.69, 9.17) is 10.00 Å². The summed E-state index contributed by atoms with van der Waals surface area (Å²) in [6.07, 6.45) is 1.89. The van der Waals surface area contributed by atoms with E-state index >= 15 is 0 Å². The number of ether oxygens (including phenoxy) is 1. The topological polar surface area (TPSA) is 50.8 Å². The van der Waals surface area contributed by atoms with Gasteiger partial charge >= 0.3 is 0 Å². The standard InChI is InChI=1S/C14H13N3O/c1-10-6-11(7-15)2-3-12(10)13-8-16-17-4-5-18-9-14(13)17/h2-3,6,8H,4-5,9H2,1H3. The predicted molar refractivity (Wildman–Crippen MR) is 66.8 cm³/mol. The van der Waals surface area contributed by atoms with Crippen LogP contribution < -0.4 is 0 Å². The lowest BCUT2D eigenvalue weighted by molar-refractivity contribution is 0.0804.